The lowest BCUT2D eigenvalue weighted by Gasteiger charge is -2.26. The Morgan fingerprint density at radius 3 is 3.00 bits per heavy atom. The van der Waals surface area contributed by atoms with Gasteiger partial charge in [-0.25, -0.2) is 9.78 Å². The average molecular weight is 278 g/mol. The Kier molecular flexibility index (Phi) is 4.44. The Balaban J connectivity index is 2.13. The Bertz CT molecular complexity index is 492. The van der Waals surface area contributed by atoms with Crippen LogP contribution < -0.4 is 10.6 Å². The molecule has 2 rings (SSSR count). The predicted molar refractivity (Wildman–Crippen MR) is 78.9 cm³/mol. The molecule has 0 bridgehead atoms. The maximum absolute atomic E-state index is 11.6. The molecular weight excluding hydrogens is 256 g/mol. The van der Waals surface area contributed by atoms with Crippen molar-refractivity contribution in [3.05, 3.63) is 17.8 Å². The molecule has 1 aliphatic rings. The molecule has 1 aromatic heterocycles. The maximum Gasteiger partial charge on any atom is 0.340 e. The standard InChI is InChI=1S/C14H22N4O2/c1-17-6-4-5-10(17)9-18(2)13-7-11(14(19)20-3)12(15)8-16-13/h7-8,10H,4-6,9,15H2,1-3H3. The molecule has 1 aromatic rings. The summed E-state index contributed by atoms with van der Waals surface area (Å²) < 4.78 is 4.73. The van der Waals surface area contributed by atoms with E-state index in [-0.39, 0.29) is 0 Å². The molecule has 0 radical (unpaired) electrons. The lowest BCUT2D eigenvalue weighted by Crippen LogP contribution is -2.37. The van der Waals surface area contributed by atoms with Gasteiger partial charge in [0, 0.05) is 19.6 Å². The van der Waals surface area contributed by atoms with Crippen molar-refractivity contribution in [3.63, 3.8) is 0 Å². The van der Waals surface area contributed by atoms with Crippen LogP contribution in [0.5, 0.6) is 0 Å². The van der Waals surface area contributed by atoms with Crippen LogP contribution in [-0.2, 0) is 4.74 Å². The van der Waals surface area contributed by atoms with Gasteiger partial charge in [0.05, 0.1) is 24.6 Å². The highest BCUT2D eigenvalue weighted by Gasteiger charge is 2.23. The minimum absolute atomic E-state index is 0.340. The molecule has 1 atom stereocenters. The molecule has 1 aliphatic heterocycles. The van der Waals surface area contributed by atoms with Crippen LogP contribution in [0, 0.1) is 0 Å². The van der Waals surface area contributed by atoms with Gasteiger partial charge in [0.15, 0.2) is 0 Å². The summed E-state index contributed by atoms with van der Waals surface area (Å²) in [5.41, 5.74) is 6.47. The van der Waals surface area contributed by atoms with E-state index < -0.39 is 5.97 Å². The van der Waals surface area contributed by atoms with E-state index in [0.29, 0.717) is 17.3 Å². The van der Waals surface area contributed by atoms with Crippen LogP contribution in [0.2, 0.25) is 0 Å². The number of aromatic nitrogens is 1. The highest BCUT2D eigenvalue weighted by Crippen LogP contribution is 2.21. The lowest BCUT2D eigenvalue weighted by molar-refractivity contribution is 0.0602. The van der Waals surface area contributed by atoms with Crippen molar-refractivity contribution < 1.29 is 9.53 Å². The second-order valence-corrected chi connectivity index (χ2v) is 5.28. The molecule has 2 N–H and O–H groups in total. The molecule has 0 amide bonds. The number of hydrogen-bond donors (Lipinski definition) is 1. The SMILES string of the molecule is COC(=O)c1cc(N(C)CC2CCCN2C)ncc1N. The van der Waals surface area contributed by atoms with Crippen LogP contribution in [0.15, 0.2) is 12.3 Å². The largest absolute Gasteiger partial charge is 0.465 e. The molecule has 110 valence electrons. The van der Waals surface area contributed by atoms with Crippen LogP contribution in [-0.4, -0.2) is 56.2 Å². The number of anilines is 2. The van der Waals surface area contributed by atoms with Crippen molar-refractivity contribution in [3.8, 4) is 0 Å². The number of carbonyl (C=O) groups excluding carboxylic acids is 1. The van der Waals surface area contributed by atoms with Crippen molar-refractivity contribution in [1.29, 1.82) is 0 Å². The number of carbonyl (C=O) groups is 1. The van der Waals surface area contributed by atoms with Crippen molar-refractivity contribution in [1.82, 2.24) is 9.88 Å². The summed E-state index contributed by atoms with van der Waals surface area (Å²) in [6.45, 7) is 2.02. The zero-order valence-corrected chi connectivity index (χ0v) is 12.3. The van der Waals surface area contributed by atoms with Crippen LogP contribution in [0.25, 0.3) is 0 Å². The number of rotatable bonds is 4. The number of nitrogen functional groups attached to an aromatic ring is 1. The zero-order valence-electron chi connectivity index (χ0n) is 12.3. The van der Waals surface area contributed by atoms with Crippen molar-refractivity contribution in [2.75, 3.05) is 44.9 Å². The van der Waals surface area contributed by atoms with Crippen LogP contribution in [0.1, 0.15) is 23.2 Å². The van der Waals surface area contributed by atoms with E-state index in [9.17, 15) is 4.79 Å². The molecule has 6 heteroatoms. The normalized spacial score (nSPS) is 19.1. The van der Waals surface area contributed by atoms with Gasteiger partial charge >= 0.3 is 5.97 Å². The van der Waals surface area contributed by atoms with Crippen molar-refractivity contribution in [2.45, 2.75) is 18.9 Å². The van der Waals surface area contributed by atoms with Crippen LogP contribution >= 0.6 is 0 Å². The summed E-state index contributed by atoms with van der Waals surface area (Å²) in [6, 6.07) is 2.22. The molecule has 0 spiro atoms. The number of esters is 1. The van der Waals surface area contributed by atoms with E-state index in [4.69, 9.17) is 10.5 Å². The van der Waals surface area contributed by atoms with Gasteiger partial charge in [-0.15, -0.1) is 0 Å². The van der Waals surface area contributed by atoms with Crippen LogP contribution in [0.3, 0.4) is 0 Å². The predicted octanol–water partition coefficient (Wildman–Crippen LogP) is 0.981. The van der Waals surface area contributed by atoms with Crippen LogP contribution in [0.4, 0.5) is 11.5 Å². The van der Waals surface area contributed by atoms with Gasteiger partial charge in [-0.2, -0.15) is 0 Å². The Hall–Kier alpha value is -1.82. The molecule has 0 aliphatic carbocycles. The highest BCUT2D eigenvalue weighted by atomic mass is 16.5. The molecule has 0 aromatic carbocycles. The highest BCUT2D eigenvalue weighted by molar-refractivity contribution is 5.95. The molecule has 1 saturated heterocycles. The summed E-state index contributed by atoms with van der Waals surface area (Å²) >= 11 is 0. The second-order valence-electron chi connectivity index (χ2n) is 5.28. The fourth-order valence-corrected chi connectivity index (χ4v) is 2.57. The molecule has 20 heavy (non-hydrogen) atoms. The van der Waals surface area contributed by atoms with E-state index in [0.717, 1.165) is 18.9 Å². The molecule has 6 nitrogen and oxygen atoms in total. The fourth-order valence-electron chi connectivity index (χ4n) is 2.57. The minimum Gasteiger partial charge on any atom is -0.465 e. The summed E-state index contributed by atoms with van der Waals surface area (Å²) in [5.74, 6) is 0.303. The molecule has 0 saturated carbocycles. The molecular formula is C14H22N4O2. The quantitative estimate of drug-likeness (QED) is 0.828. The maximum atomic E-state index is 11.6. The summed E-state index contributed by atoms with van der Waals surface area (Å²) in [4.78, 5) is 20.4. The molecule has 1 fully saturated rings. The first-order valence-electron chi connectivity index (χ1n) is 6.78. The van der Waals surface area contributed by atoms with Gasteiger partial charge in [0.25, 0.3) is 0 Å². The van der Waals surface area contributed by atoms with Gasteiger partial charge in [-0.3, -0.25) is 0 Å². The smallest absolute Gasteiger partial charge is 0.340 e. The third-order valence-corrected chi connectivity index (χ3v) is 3.87. The first kappa shape index (κ1) is 14.6. The summed E-state index contributed by atoms with van der Waals surface area (Å²) in [6.07, 6.45) is 3.94. The number of pyridine rings is 1. The Morgan fingerprint density at radius 2 is 2.40 bits per heavy atom. The first-order valence-corrected chi connectivity index (χ1v) is 6.78. The van der Waals surface area contributed by atoms with E-state index >= 15 is 0 Å². The Labute approximate surface area is 119 Å². The summed E-state index contributed by atoms with van der Waals surface area (Å²) in [7, 11) is 5.46. The monoisotopic (exact) mass is 278 g/mol. The first-order chi connectivity index (χ1) is 9.52. The van der Waals surface area contributed by atoms with E-state index in [2.05, 4.69) is 21.8 Å². The van der Waals surface area contributed by atoms with Gasteiger partial charge in [0.2, 0.25) is 0 Å². The van der Waals surface area contributed by atoms with Gasteiger partial charge in [-0.05, 0) is 32.5 Å². The van der Waals surface area contributed by atoms with Gasteiger partial charge in [-0.1, -0.05) is 0 Å². The number of likely N-dealkylation sites (N-methyl/N-ethyl adjacent to an activating group) is 2. The summed E-state index contributed by atoms with van der Waals surface area (Å²) in [5, 5.41) is 0. The minimum atomic E-state index is -0.433. The number of nitrogens with zero attached hydrogens (tertiary/aromatic N) is 3. The van der Waals surface area contributed by atoms with E-state index in [1.165, 1.54) is 26.1 Å². The van der Waals surface area contributed by atoms with Crippen molar-refractivity contribution in [2.24, 2.45) is 0 Å². The lowest BCUT2D eigenvalue weighted by atomic mass is 10.2. The van der Waals surface area contributed by atoms with E-state index in [1.807, 2.05) is 7.05 Å². The number of hydrogen-bond acceptors (Lipinski definition) is 6. The van der Waals surface area contributed by atoms with E-state index in [1.54, 1.807) is 6.07 Å². The third-order valence-electron chi connectivity index (χ3n) is 3.87. The molecule has 1 unspecified atom stereocenters. The average Bonchev–Trinajstić information content (AvgIpc) is 2.84. The number of ether oxygens (including phenoxy) is 1. The topological polar surface area (TPSA) is 71.7 Å². The van der Waals surface area contributed by atoms with Crippen molar-refractivity contribution >= 4 is 17.5 Å². The molecule has 2 heterocycles. The second kappa shape index (κ2) is 6.09. The number of likely N-dealkylation sites (tertiary alicyclic amines) is 1. The zero-order chi connectivity index (χ0) is 14.7. The number of nitrogens with two attached hydrogens (primary N) is 1. The Morgan fingerprint density at radius 1 is 1.65 bits per heavy atom. The third kappa shape index (κ3) is 3.01. The number of methoxy groups -OCH3 is 1. The van der Waals surface area contributed by atoms with Gasteiger partial charge in [0.1, 0.15) is 5.82 Å². The van der Waals surface area contributed by atoms with Gasteiger partial charge < -0.3 is 20.3 Å². The fraction of sp³-hybridized carbons (Fsp3) is 0.571.